The van der Waals surface area contributed by atoms with Gasteiger partial charge >= 0.3 is 5.97 Å². The highest BCUT2D eigenvalue weighted by Gasteiger charge is 2.20. The standard InChI is InChI=1S/C21H22N2O4/c1-27-21(26)18-10-4-15(5-11-18)13-22-20(25)17-8-6-16(7-9-17)14-23-12-2-3-19(23)24/h4-11H,2-3,12-14H2,1H3,(H,22,25). The van der Waals surface area contributed by atoms with Crippen LogP contribution in [-0.4, -0.2) is 36.3 Å². The summed E-state index contributed by atoms with van der Waals surface area (Å²) in [6.07, 6.45) is 1.54. The van der Waals surface area contributed by atoms with Crippen LogP contribution in [0.1, 0.15) is 44.7 Å². The molecule has 27 heavy (non-hydrogen) atoms. The molecule has 2 amide bonds. The summed E-state index contributed by atoms with van der Waals surface area (Å²) < 4.78 is 4.66. The number of methoxy groups -OCH3 is 1. The zero-order valence-corrected chi connectivity index (χ0v) is 15.2. The third-order valence-electron chi connectivity index (χ3n) is 4.59. The Bertz CT molecular complexity index is 828. The van der Waals surface area contributed by atoms with E-state index in [0.29, 0.717) is 30.6 Å². The van der Waals surface area contributed by atoms with Gasteiger partial charge in [-0.15, -0.1) is 0 Å². The van der Waals surface area contributed by atoms with Crippen LogP contribution in [0.4, 0.5) is 0 Å². The molecular formula is C21H22N2O4. The molecular weight excluding hydrogens is 344 g/mol. The van der Waals surface area contributed by atoms with Crippen LogP contribution in [0.2, 0.25) is 0 Å². The van der Waals surface area contributed by atoms with E-state index in [1.807, 2.05) is 17.0 Å². The molecule has 2 aromatic carbocycles. The Labute approximate surface area is 158 Å². The lowest BCUT2D eigenvalue weighted by Crippen LogP contribution is -2.24. The first-order valence-corrected chi connectivity index (χ1v) is 8.89. The molecule has 0 spiro atoms. The number of benzene rings is 2. The van der Waals surface area contributed by atoms with E-state index in [4.69, 9.17) is 0 Å². The van der Waals surface area contributed by atoms with Crippen molar-refractivity contribution in [2.24, 2.45) is 0 Å². The maximum absolute atomic E-state index is 12.3. The fourth-order valence-corrected chi connectivity index (χ4v) is 3.01. The molecule has 1 aliphatic heterocycles. The summed E-state index contributed by atoms with van der Waals surface area (Å²) >= 11 is 0. The average Bonchev–Trinajstić information content (AvgIpc) is 3.11. The predicted molar refractivity (Wildman–Crippen MR) is 100 cm³/mol. The van der Waals surface area contributed by atoms with Gasteiger partial charge in [0, 0.05) is 31.6 Å². The molecule has 140 valence electrons. The van der Waals surface area contributed by atoms with Crippen LogP contribution >= 0.6 is 0 Å². The molecule has 1 fully saturated rings. The SMILES string of the molecule is COC(=O)c1ccc(CNC(=O)c2ccc(CN3CCCC3=O)cc2)cc1. The van der Waals surface area contributed by atoms with Crippen molar-refractivity contribution >= 4 is 17.8 Å². The molecule has 1 N–H and O–H groups in total. The summed E-state index contributed by atoms with van der Waals surface area (Å²) in [7, 11) is 1.34. The molecule has 0 aromatic heterocycles. The van der Waals surface area contributed by atoms with Crippen molar-refractivity contribution in [3.63, 3.8) is 0 Å². The zero-order chi connectivity index (χ0) is 19.2. The Balaban J connectivity index is 1.53. The summed E-state index contributed by atoms with van der Waals surface area (Å²) in [4.78, 5) is 37.2. The predicted octanol–water partition coefficient (Wildman–Crippen LogP) is 2.53. The molecule has 3 rings (SSSR count). The molecule has 6 nitrogen and oxygen atoms in total. The van der Waals surface area contributed by atoms with Crippen molar-refractivity contribution in [1.82, 2.24) is 10.2 Å². The molecule has 0 unspecified atom stereocenters. The first-order valence-electron chi connectivity index (χ1n) is 8.89. The molecule has 0 radical (unpaired) electrons. The lowest BCUT2D eigenvalue weighted by Gasteiger charge is -2.15. The van der Waals surface area contributed by atoms with Gasteiger partial charge in [-0.3, -0.25) is 9.59 Å². The molecule has 6 heteroatoms. The fourth-order valence-electron chi connectivity index (χ4n) is 3.01. The average molecular weight is 366 g/mol. The quantitative estimate of drug-likeness (QED) is 0.797. The molecule has 1 heterocycles. The van der Waals surface area contributed by atoms with E-state index >= 15 is 0 Å². The smallest absolute Gasteiger partial charge is 0.337 e. The van der Waals surface area contributed by atoms with Crippen LogP contribution in [-0.2, 0) is 22.6 Å². The highest BCUT2D eigenvalue weighted by molar-refractivity contribution is 5.94. The largest absolute Gasteiger partial charge is 0.465 e. The lowest BCUT2D eigenvalue weighted by atomic mass is 10.1. The number of hydrogen-bond acceptors (Lipinski definition) is 4. The number of amides is 2. The highest BCUT2D eigenvalue weighted by atomic mass is 16.5. The molecule has 2 aromatic rings. The van der Waals surface area contributed by atoms with Gasteiger partial charge in [0.15, 0.2) is 0 Å². The normalized spacial score (nSPS) is 13.5. The Kier molecular flexibility index (Phi) is 5.86. The number of nitrogens with zero attached hydrogens (tertiary/aromatic N) is 1. The number of ether oxygens (including phenoxy) is 1. The number of nitrogens with one attached hydrogen (secondary N) is 1. The van der Waals surface area contributed by atoms with Gasteiger partial charge in [0.1, 0.15) is 0 Å². The summed E-state index contributed by atoms with van der Waals surface area (Å²) in [6, 6.07) is 14.2. The van der Waals surface area contributed by atoms with E-state index < -0.39 is 0 Å². The van der Waals surface area contributed by atoms with E-state index in [2.05, 4.69) is 10.1 Å². The number of hydrogen-bond donors (Lipinski definition) is 1. The number of likely N-dealkylation sites (tertiary alicyclic amines) is 1. The van der Waals surface area contributed by atoms with Crippen molar-refractivity contribution in [1.29, 1.82) is 0 Å². The van der Waals surface area contributed by atoms with Crippen LogP contribution in [0, 0.1) is 0 Å². The van der Waals surface area contributed by atoms with Gasteiger partial charge in [0.2, 0.25) is 5.91 Å². The van der Waals surface area contributed by atoms with Crippen molar-refractivity contribution in [3.8, 4) is 0 Å². The Morgan fingerprint density at radius 2 is 1.63 bits per heavy atom. The minimum atomic E-state index is -0.388. The van der Waals surface area contributed by atoms with Crippen LogP contribution in [0.25, 0.3) is 0 Å². The molecule has 0 aliphatic carbocycles. The first-order chi connectivity index (χ1) is 13.1. The minimum Gasteiger partial charge on any atom is -0.465 e. The van der Waals surface area contributed by atoms with Gasteiger partial charge in [-0.2, -0.15) is 0 Å². The van der Waals surface area contributed by atoms with E-state index in [1.54, 1.807) is 36.4 Å². The zero-order valence-electron chi connectivity index (χ0n) is 15.2. The van der Waals surface area contributed by atoms with Crippen molar-refractivity contribution in [2.75, 3.05) is 13.7 Å². The molecule has 0 saturated carbocycles. The third kappa shape index (κ3) is 4.73. The monoisotopic (exact) mass is 366 g/mol. The van der Waals surface area contributed by atoms with Gasteiger partial charge in [-0.05, 0) is 41.8 Å². The van der Waals surface area contributed by atoms with Crippen LogP contribution < -0.4 is 5.32 Å². The van der Waals surface area contributed by atoms with E-state index in [1.165, 1.54) is 7.11 Å². The highest BCUT2D eigenvalue weighted by Crippen LogP contribution is 2.15. The van der Waals surface area contributed by atoms with E-state index in [9.17, 15) is 14.4 Å². The maximum atomic E-state index is 12.3. The third-order valence-corrected chi connectivity index (χ3v) is 4.59. The first kappa shape index (κ1) is 18.6. The van der Waals surface area contributed by atoms with Gasteiger partial charge in [0.05, 0.1) is 12.7 Å². The van der Waals surface area contributed by atoms with E-state index in [0.717, 1.165) is 24.1 Å². The number of esters is 1. The number of carbonyl (C=O) groups excluding carboxylic acids is 3. The fraction of sp³-hybridized carbons (Fsp3) is 0.286. The number of carbonyl (C=O) groups is 3. The molecule has 0 atom stereocenters. The molecule has 1 aliphatic rings. The van der Waals surface area contributed by atoms with Gasteiger partial charge in [0.25, 0.3) is 5.91 Å². The van der Waals surface area contributed by atoms with Crippen LogP contribution in [0.5, 0.6) is 0 Å². The minimum absolute atomic E-state index is 0.171. The second-order valence-electron chi connectivity index (χ2n) is 6.49. The van der Waals surface area contributed by atoms with Gasteiger partial charge in [-0.1, -0.05) is 24.3 Å². The summed E-state index contributed by atoms with van der Waals surface area (Å²) in [6.45, 7) is 1.76. The van der Waals surface area contributed by atoms with Gasteiger partial charge in [-0.25, -0.2) is 4.79 Å². The maximum Gasteiger partial charge on any atom is 0.337 e. The second kappa shape index (κ2) is 8.49. The molecule has 0 bridgehead atoms. The van der Waals surface area contributed by atoms with Crippen molar-refractivity contribution in [3.05, 3.63) is 70.8 Å². The lowest BCUT2D eigenvalue weighted by molar-refractivity contribution is -0.128. The Hall–Kier alpha value is -3.15. The van der Waals surface area contributed by atoms with Crippen LogP contribution in [0.15, 0.2) is 48.5 Å². The summed E-state index contributed by atoms with van der Waals surface area (Å²) in [5.41, 5.74) is 2.94. The molecule has 1 saturated heterocycles. The topological polar surface area (TPSA) is 75.7 Å². The summed E-state index contributed by atoms with van der Waals surface area (Å²) in [5.74, 6) is -0.368. The summed E-state index contributed by atoms with van der Waals surface area (Å²) in [5, 5.41) is 2.86. The van der Waals surface area contributed by atoms with Crippen molar-refractivity contribution in [2.45, 2.75) is 25.9 Å². The Morgan fingerprint density at radius 3 is 2.22 bits per heavy atom. The van der Waals surface area contributed by atoms with E-state index in [-0.39, 0.29) is 17.8 Å². The number of rotatable bonds is 6. The second-order valence-corrected chi connectivity index (χ2v) is 6.49. The van der Waals surface area contributed by atoms with Crippen LogP contribution in [0.3, 0.4) is 0 Å². The Morgan fingerprint density at radius 1 is 1.00 bits per heavy atom. The van der Waals surface area contributed by atoms with Crippen molar-refractivity contribution < 1.29 is 19.1 Å². The van der Waals surface area contributed by atoms with Gasteiger partial charge < -0.3 is 15.0 Å².